The van der Waals surface area contributed by atoms with Gasteiger partial charge in [0.25, 0.3) is 0 Å². The van der Waals surface area contributed by atoms with Crippen molar-refractivity contribution in [2.24, 2.45) is 0 Å². The van der Waals surface area contributed by atoms with E-state index in [0.29, 0.717) is 37.3 Å². The molecule has 27 heavy (non-hydrogen) atoms. The number of ether oxygens (including phenoxy) is 1. The summed E-state index contributed by atoms with van der Waals surface area (Å²) in [7, 11) is 0. The van der Waals surface area contributed by atoms with Gasteiger partial charge in [0, 0.05) is 20.0 Å². The van der Waals surface area contributed by atoms with Crippen LogP contribution in [0.5, 0.6) is 0 Å². The summed E-state index contributed by atoms with van der Waals surface area (Å²) < 4.78 is 19.8. The number of carbonyl (C=O) groups excluding carboxylic acids is 2. The largest absolute Gasteiger partial charge is 0.442 e. The minimum Gasteiger partial charge on any atom is -0.442 e. The van der Waals surface area contributed by atoms with Crippen LogP contribution in [-0.2, 0) is 9.53 Å². The lowest BCUT2D eigenvalue weighted by Crippen LogP contribution is -2.46. The van der Waals surface area contributed by atoms with E-state index in [2.05, 4.69) is 5.32 Å². The summed E-state index contributed by atoms with van der Waals surface area (Å²) in [6.07, 6.45) is -0.354. The number of aliphatic hydroxyl groups excluding tert-OH is 1. The van der Waals surface area contributed by atoms with Crippen LogP contribution in [0.3, 0.4) is 0 Å². The number of piperidine rings is 1. The van der Waals surface area contributed by atoms with E-state index in [1.807, 2.05) is 4.90 Å². The number of anilines is 2. The number of hydrogen-bond acceptors (Lipinski definition) is 6. The van der Waals surface area contributed by atoms with Crippen LogP contribution >= 0.6 is 0 Å². The lowest BCUT2D eigenvalue weighted by molar-refractivity contribution is -0.119. The molecule has 3 N–H and O–H groups in total. The predicted octanol–water partition coefficient (Wildman–Crippen LogP) is 0.611. The van der Waals surface area contributed by atoms with Gasteiger partial charge < -0.3 is 25.2 Å². The summed E-state index contributed by atoms with van der Waals surface area (Å²) in [5.74, 6) is -0.686. The van der Waals surface area contributed by atoms with E-state index in [1.54, 1.807) is 12.1 Å². The van der Waals surface area contributed by atoms with E-state index in [0.717, 1.165) is 0 Å². The number of amides is 2. The van der Waals surface area contributed by atoms with Gasteiger partial charge in [0.2, 0.25) is 5.91 Å². The number of hydrogen-bond donors (Lipinski definition) is 3. The van der Waals surface area contributed by atoms with Crippen LogP contribution in [0.25, 0.3) is 0 Å². The Labute approximate surface area is 156 Å². The van der Waals surface area contributed by atoms with Crippen molar-refractivity contribution in [3.05, 3.63) is 24.0 Å². The number of cyclic esters (lactones) is 1. The van der Waals surface area contributed by atoms with Gasteiger partial charge in [0.1, 0.15) is 11.9 Å². The fraction of sp³-hybridized carbons (Fsp3) is 0.556. The molecule has 148 valence electrons. The number of aliphatic hydroxyl groups is 2. The maximum absolute atomic E-state index is 14.7. The molecule has 1 unspecified atom stereocenters. The van der Waals surface area contributed by atoms with Crippen molar-refractivity contribution < 1.29 is 28.9 Å². The molecule has 0 aromatic heterocycles. The highest BCUT2D eigenvalue weighted by Crippen LogP contribution is 2.31. The van der Waals surface area contributed by atoms with Crippen molar-refractivity contribution in [3.63, 3.8) is 0 Å². The first-order valence-corrected chi connectivity index (χ1v) is 8.92. The number of nitrogens with zero attached hydrogens (tertiary/aromatic N) is 2. The lowest BCUT2D eigenvalue weighted by Gasteiger charge is -2.38. The number of nitrogens with one attached hydrogen (secondary N) is 1. The van der Waals surface area contributed by atoms with Crippen LogP contribution in [0.4, 0.5) is 20.6 Å². The van der Waals surface area contributed by atoms with Crippen molar-refractivity contribution in [2.75, 3.05) is 42.6 Å². The fourth-order valence-corrected chi connectivity index (χ4v) is 3.34. The van der Waals surface area contributed by atoms with Gasteiger partial charge >= 0.3 is 6.09 Å². The third-order valence-corrected chi connectivity index (χ3v) is 5.02. The van der Waals surface area contributed by atoms with E-state index in [1.165, 1.54) is 17.9 Å². The van der Waals surface area contributed by atoms with Crippen molar-refractivity contribution in [2.45, 2.75) is 31.5 Å². The Balaban J connectivity index is 1.67. The van der Waals surface area contributed by atoms with E-state index in [-0.39, 0.29) is 25.6 Å². The first kappa shape index (κ1) is 19.4. The van der Waals surface area contributed by atoms with Crippen LogP contribution in [0.1, 0.15) is 19.8 Å². The Hall–Kier alpha value is -2.39. The van der Waals surface area contributed by atoms with Gasteiger partial charge in [-0.05, 0) is 31.0 Å². The molecule has 2 saturated heterocycles. The highest BCUT2D eigenvalue weighted by Gasteiger charge is 2.34. The Morgan fingerprint density at radius 1 is 1.41 bits per heavy atom. The van der Waals surface area contributed by atoms with Gasteiger partial charge in [-0.2, -0.15) is 0 Å². The minimum absolute atomic E-state index is 0.208. The lowest BCUT2D eigenvalue weighted by atomic mass is 9.92. The topological polar surface area (TPSA) is 102 Å². The molecule has 1 aromatic rings. The van der Waals surface area contributed by atoms with E-state index in [4.69, 9.17) is 4.74 Å². The fourth-order valence-electron chi connectivity index (χ4n) is 3.34. The number of rotatable bonds is 5. The third-order valence-electron chi connectivity index (χ3n) is 5.02. The van der Waals surface area contributed by atoms with Crippen LogP contribution in [0.15, 0.2) is 18.2 Å². The second-order valence-corrected chi connectivity index (χ2v) is 7.06. The van der Waals surface area contributed by atoms with Gasteiger partial charge in [-0.25, -0.2) is 9.18 Å². The zero-order valence-electron chi connectivity index (χ0n) is 15.2. The molecule has 2 aliphatic rings. The molecule has 1 aromatic carbocycles. The van der Waals surface area contributed by atoms with Crippen molar-refractivity contribution in [1.82, 2.24) is 5.32 Å². The summed E-state index contributed by atoms with van der Waals surface area (Å²) >= 11 is 0. The highest BCUT2D eigenvalue weighted by atomic mass is 19.1. The molecule has 2 fully saturated rings. The average Bonchev–Trinajstić information content (AvgIpc) is 3.02. The Morgan fingerprint density at radius 2 is 2.11 bits per heavy atom. The van der Waals surface area contributed by atoms with Crippen LogP contribution in [0.2, 0.25) is 0 Å². The highest BCUT2D eigenvalue weighted by molar-refractivity contribution is 5.90. The SMILES string of the molecule is CC(=O)NCC1CN(c2ccc(N3CCC(O)(CO)CC3)c(F)c2)C(=O)O1. The number of carbonyl (C=O) groups is 2. The summed E-state index contributed by atoms with van der Waals surface area (Å²) in [4.78, 5) is 26.2. The summed E-state index contributed by atoms with van der Waals surface area (Å²) in [6.45, 7) is 2.37. The third kappa shape index (κ3) is 4.30. The van der Waals surface area contributed by atoms with Crippen LogP contribution in [-0.4, -0.2) is 66.7 Å². The molecule has 0 radical (unpaired) electrons. The molecule has 0 bridgehead atoms. The maximum atomic E-state index is 14.7. The van der Waals surface area contributed by atoms with Gasteiger partial charge in [0.05, 0.1) is 36.7 Å². The molecule has 0 spiro atoms. The Morgan fingerprint density at radius 3 is 2.70 bits per heavy atom. The molecule has 3 rings (SSSR count). The minimum atomic E-state index is -1.10. The zero-order chi connectivity index (χ0) is 19.6. The van der Waals surface area contributed by atoms with Gasteiger partial charge in [-0.3, -0.25) is 9.69 Å². The van der Waals surface area contributed by atoms with E-state index in [9.17, 15) is 24.2 Å². The predicted molar refractivity (Wildman–Crippen MR) is 96.2 cm³/mol. The van der Waals surface area contributed by atoms with E-state index < -0.39 is 23.6 Å². The smallest absolute Gasteiger partial charge is 0.414 e. The van der Waals surface area contributed by atoms with Gasteiger partial charge in [0.15, 0.2) is 0 Å². The second kappa shape index (κ2) is 7.69. The zero-order valence-corrected chi connectivity index (χ0v) is 15.2. The molecular weight excluding hydrogens is 357 g/mol. The molecule has 0 saturated carbocycles. The summed E-state index contributed by atoms with van der Waals surface area (Å²) in [5, 5.41) is 21.9. The van der Waals surface area contributed by atoms with Crippen LogP contribution < -0.4 is 15.1 Å². The van der Waals surface area contributed by atoms with Crippen molar-refractivity contribution >= 4 is 23.4 Å². The second-order valence-electron chi connectivity index (χ2n) is 7.06. The summed E-state index contributed by atoms with van der Waals surface area (Å²) in [5.41, 5.74) is -0.327. The number of halogens is 1. The standard InChI is InChI=1S/C18H24FN3O5/c1-12(24)20-9-14-10-22(17(25)27-14)13-2-3-16(15(19)8-13)21-6-4-18(26,11-23)5-7-21/h2-3,8,14,23,26H,4-7,9-11H2,1H3,(H,20,24). The van der Waals surface area contributed by atoms with E-state index >= 15 is 0 Å². The molecule has 1 atom stereocenters. The van der Waals surface area contributed by atoms with Gasteiger partial charge in [-0.15, -0.1) is 0 Å². The normalized spacial score (nSPS) is 21.9. The Kier molecular flexibility index (Phi) is 5.52. The molecular formula is C18H24FN3O5. The first-order valence-electron chi connectivity index (χ1n) is 8.92. The van der Waals surface area contributed by atoms with Gasteiger partial charge in [-0.1, -0.05) is 0 Å². The molecule has 2 aliphatic heterocycles. The molecule has 0 aliphatic carbocycles. The number of benzene rings is 1. The maximum Gasteiger partial charge on any atom is 0.414 e. The first-order chi connectivity index (χ1) is 12.8. The Bertz CT molecular complexity index is 721. The monoisotopic (exact) mass is 381 g/mol. The average molecular weight is 381 g/mol. The van der Waals surface area contributed by atoms with Crippen molar-refractivity contribution in [3.8, 4) is 0 Å². The van der Waals surface area contributed by atoms with Crippen molar-refractivity contribution in [1.29, 1.82) is 0 Å². The molecule has 8 nitrogen and oxygen atoms in total. The molecule has 2 heterocycles. The quantitative estimate of drug-likeness (QED) is 0.691. The molecule has 9 heteroatoms. The molecule has 2 amide bonds. The summed E-state index contributed by atoms with van der Waals surface area (Å²) in [6, 6.07) is 4.53. The van der Waals surface area contributed by atoms with Crippen LogP contribution in [0, 0.1) is 5.82 Å².